The topological polar surface area (TPSA) is 64.5 Å². The largest absolute Gasteiger partial charge is 0.468 e. The second-order valence-electron chi connectivity index (χ2n) is 7.22. The van der Waals surface area contributed by atoms with Crippen molar-refractivity contribution in [2.24, 2.45) is 0 Å². The van der Waals surface area contributed by atoms with E-state index in [1.54, 1.807) is 30.3 Å². The first-order valence-corrected chi connectivity index (χ1v) is 9.91. The molecule has 0 radical (unpaired) electrons. The summed E-state index contributed by atoms with van der Waals surface area (Å²) in [5.74, 6) is 0.761. The molecule has 1 aliphatic rings. The third-order valence-electron chi connectivity index (χ3n) is 4.97. The molecule has 0 bridgehead atoms. The van der Waals surface area contributed by atoms with Crippen molar-refractivity contribution >= 4 is 16.8 Å². The number of halogens is 3. The number of benzene rings is 1. The average Bonchev–Trinajstić information content (AvgIpc) is 2.78. The van der Waals surface area contributed by atoms with E-state index in [2.05, 4.69) is 9.97 Å². The Hall–Kier alpha value is -3.36. The fourth-order valence-electron chi connectivity index (χ4n) is 3.33. The van der Waals surface area contributed by atoms with Crippen LogP contribution in [-0.2, 0) is 11.0 Å². The molecule has 4 rings (SSSR count). The molecule has 31 heavy (non-hydrogen) atoms. The normalized spacial score (nSPS) is 14.5. The van der Waals surface area contributed by atoms with Gasteiger partial charge >= 0.3 is 6.18 Å². The molecule has 0 spiro atoms. The summed E-state index contributed by atoms with van der Waals surface area (Å²) in [6.45, 7) is 1.48. The maximum absolute atomic E-state index is 12.6. The Morgan fingerprint density at radius 2 is 1.77 bits per heavy atom. The van der Waals surface area contributed by atoms with Gasteiger partial charge in [-0.25, -0.2) is 9.97 Å². The van der Waals surface area contributed by atoms with Crippen molar-refractivity contribution in [2.45, 2.75) is 25.4 Å². The molecular formula is C22H20F3N3O3. The van der Waals surface area contributed by atoms with E-state index in [1.165, 1.54) is 6.07 Å². The predicted molar refractivity (Wildman–Crippen MR) is 107 cm³/mol. The Balaban J connectivity index is 1.40. The Bertz CT molecular complexity index is 1070. The maximum atomic E-state index is 12.6. The van der Waals surface area contributed by atoms with Gasteiger partial charge in [-0.05, 0) is 49.6 Å². The smallest absolute Gasteiger partial charge is 0.417 e. The molecule has 0 saturated carbocycles. The van der Waals surface area contributed by atoms with Crippen molar-refractivity contribution in [3.63, 3.8) is 0 Å². The van der Waals surface area contributed by atoms with Gasteiger partial charge in [-0.2, -0.15) is 13.2 Å². The lowest BCUT2D eigenvalue weighted by molar-refractivity contribution is -0.138. The van der Waals surface area contributed by atoms with Gasteiger partial charge in [0.1, 0.15) is 5.75 Å². The molecule has 0 aliphatic carbocycles. The number of carbonyl (C=O) groups excluding carboxylic acids is 1. The van der Waals surface area contributed by atoms with E-state index >= 15 is 0 Å². The lowest BCUT2D eigenvalue weighted by Gasteiger charge is -2.26. The van der Waals surface area contributed by atoms with Crippen LogP contribution in [0.4, 0.5) is 13.2 Å². The zero-order chi connectivity index (χ0) is 21.8. The standard InChI is InChI=1S/C22H20F3N3O3/c23-22(24,25)16-5-9-19(26-13-16)31-17-6-7-18-15(12-17)4-8-20(27-18)30-14-21(29)28-10-2-1-3-11-28/h4-9,12-13H,1-3,10-11,14H2. The van der Waals surface area contributed by atoms with Crippen LogP contribution in [0, 0.1) is 0 Å². The van der Waals surface area contributed by atoms with Crippen molar-refractivity contribution in [1.29, 1.82) is 0 Å². The van der Waals surface area contributed by atoms with Crippen LogP contribution >= 0.6 is 0 Å². The number of nitrogens with zero attached hydrogens (tertiary/aromatic N) is 3. The number of alkyl halides is 3. The SMILES string of the molecule is O=C(COc1ccc2cc(Oc3ccc(C(F)(F)F)cn3)ccc2n1)N1CCCCC1. The number of likely N-dealkylation sites (tertiary alicyclic amines) is 1. The quantitative estimate of drug-likeness (QED) is 0.579. The highest BCUT2D eigenvalue weighted by Gasteiger charge is 2.30. The molecule has 9 heteroatoms. The van der Waals surface area contributed by atoms with Crippen LogP contribution in [0.5, 0.6) is 17.5 Å². The van der Waals surface area contributed by atoms with Crippen LogP contribution in [0.3, 0.4) is 0 Å². The van der Waals surface area contributed by atoms with Crippen molar-refractivity contribution in [3.8, 4) is 17.5 Å². The van der Waals surface area contributed by atoms with Crippen LogP contribution in [0.2, 0.25) is 0 Å². The number of hydrogen-bond donors (Lipinski definition) is 0. The molecule has 1 amide bonds. The van der Waals surface area contributed by atoms with Crippen LogP contribution in [-0.4, -0.2) is 40.5 Å². The summed E-state index contributed by atoms with van der Waals surface area (Å²) in [5, 5.41) is 0.749. The van der Waals surface area contributed by atoms with Crippen molar-refractivity contribution in [2.75, 3.05) is 19.7 Å². The first kappa shape index (κ1) is 20.9. The number of carbonyl (C=O) groups is 1. The number of pyridine rings is 2. The summed E-state index contributed by atoms with van der Waals surface area (Å²) in [5.41, 5.74) is -0.204. The van der Waals surface area contributed by atoms with Crippen molar-refractivity contribution < 1.29 is 27.4 Å². The molecule has 1 aromatic carbocycles. The molecule has 6 nitrogen and oxygen atoms in total. The summed E-state index contributed by atoms with van der Waals surface area (Å²) in [6.07, 6.45) is -0.527. The second kappa shape index (κ2) is 8.79. The number of hydrogen-bond acceptors (Lipinski definition) is 5. The van der Waals surface area contributed by atoms with E-state index < -0.39 is 11.7 Å². The number of aromatic nitrogens is 2. The van der Waals surface area contributed by atoms with E-state index in [1.807, 2.05) is 4.90 Å². The van der Waals surface area contributed by atoms with Crippen LogP contribution in [0.1, 0.15) is 24.8 Å². The van der Waals surface area contributed by atoms with Gasteiger partial charge in [0.05, 0.1) is 11.1 Å². The van der Waals surface area contributed by atoms with E-state index in [9.17, 15) is 18.0 Å². The zero-order valence-corrected chi connectivity index (χ0v) is 16.6. The van der Waals surface area contributed by atoms with Crippen molar-refractivity contribution in [1.82, 2.24) is 14.9 Å². The molecule has 3 aromatic rings. The van der Waals surface area contributed by atoms with Gasteiger partial charge in [-0.1, -0.05) is 0 Å². The molecule has 0 unspecified atom stereocenters. The molecule has 1 saturated heterocycles. The summed E-state index contributed by atoms with van der Waals surface area (Å²) >= 11 is 0. The molecule has 162 valence electrons. The number of amides is 1. The Morgan fingerprint density at radius 1 is 1.00 bits per heavy atom. The number of rotatable bonds is 5. The van der Waals surface area contributed by atoms with Gasteiger partial charge in [0, 0.05) is 36.8 Å². The lowest BCUT2D eigenvalue weighted by Crippen LogP contribution is -2.38. The predicted octanol–water partition coefficient (Wildman–Crippen LogP) is 4.83. The highest BCUT2D eigenvalue weighted by Crippen LogP contribution is 2.30. The minimum Gasteiger partial charge on any atom is -0.468 e. The van der Waals surface area contributed by atoms with Gasteiger partial charge in [-0.15, -0.1) is 0 Å². The Kier molecular flexibility index (Phi) is 5.92. The third kappa shape index (κ3) is 5.22. The van der Waals surface area contributed by atoms with Gasteiger partial charge < -0.3 is 14.4 Å². The van der Waals surface area contributed by atoms with Gasteiger partial charge in [0.2, 0.25) is 11.8 Å². The molecule has 1 fully saturated rings. The molecule has 0 atom stereocenters. The fourth-order valence-corrected chi connectivity index (χ4v) is 3.33. The summed E-state index contributed by atoms with van der Waals surface area (Å²) in [4.78, 5) is 22.1. The molecule has 1 aliphatic heterocycles. The highest BCUT2D eigenvalue weighted by molar-refractivity contribution is 5.81. The molecule has 0 N–H and O–H groups in total. The molecule has 3 heterocycles. The maximum Gasteiger partial charge on any atom is 0.417 e. The monoisotopic (exact) mass is 431 g/mol. The van der Waals surface area contributed by atoms with E-state index in [-0.39, 0.29) is 18.4 Å². The van der Waals surface area contributed by atoms with Crippen LogP contribution in [0.15, 0.2) is 48.7 Å². The number of ether oxygens (including phenoxy) is 2. The third-order valence-corrected chi connectivity index (χ3v) is 4.97. The Morgan fingerprint density at radius 3 is 2.48 bits per heavy atom. The summed E-state index contributed by atoms with van der Waals surface area (Å²) < 4.78 is 49.0. The molecular weight excluding hydrogens is 411 g/mol. The zero-order valence-electron chi connectivity index (χ0n) is 16.6. The number of piperidine rings is 1. The second-order valence-corrected chi connectivity index (χ2v) is 7.22. The summed E-state index contributed by atoms with van der Waals surface area (Å²) in [6, 6.07) is 10.6. The number of fused-ring (bicyclic) bond motifs is 1. The van der Waals surface area contributed by atoms with Crippen LogP contribution in [0.25, 0.3) is 10.9 Å². The minimum absolute atomic E-state index is 0.0469. The molecule has 2 aromatic heterocycles. The van der Waals surface area contributed by atoms with Gasteiger partial charge in [0.25, 0.3) is 5.91 Å². The summed E-state index contributed by atoms with van der Waals surface area (Å²) in [7, 11) is 0. The first-order valence-electron chi connectivity index (χ1n) is 9.91. The fraction of sp³-hybridized carbons (Fsp3) is 0.318. The van der Waals surface area contributed by atoms with Gasteiger partial charge in [-0.3, -0.25) is 4.79 Å². The van der Waals surface area contributed by atoms with E-state index in [0.717, 1.165) is 50.0 Å². The van der Waals surface area contributed by atoms with Crippen LogP contribution < -0.4 is 9.47 Å². The minimum atomic E-state index is -4.45. The average molecular weight is 431 g/mol. The van der Waals surface area contributed by atoms with Gasteiger partial charge in [0.15, 0.2) is 6.61 Å². The lowest BCUT2D eigenvalue weighted by atomic mass is 10.1. The van der Waals surface area contributed by atoms with Crippen molar-refractivity contribution in [3.05, 3.63) is 54.2 Å². The first-order chi connectivity index (χ1) is 14.9. The Labute approximate surface area is 176 Å². The van der Waals surface area contributed by atoms with E-state index in [4.69, 9.17) is 9.47 Å². The highest BCUT2D eigenvalue weighted by atomic mass is 19.4. The van der Waals surface area contributed by atoms with E-state index in [0.29, 0.717) is 17.1 Å².